The largest absolute Gasteiger partial charge is 0.273 e. The lowest BCUT2D eigenvalue weighted by Gasteiger charge is -2.32. The summed E-state index contributed by atoms with van der Waals surface area (Å²) in [7, 11) is -4.49. The normalized spacial score (nSPS) is 18.8. The van der Waals surface area contributed by atoms with E-state index in [9.17, 15) is 16.8 Å². The minimum atomic E-state index is -4.09. The van der Waals surface area contributed by atoms with E-state index in [0.717, 1.165) is 66.6 Å². The van der Waals surface area contributed by atoms with Crippen LogP contribution in [0.2, 0.25) is 0 Å². The first-order valence-electron chi connectivity index (χ1n) is 25.4. The first-order chi connectivity index (χ1) is 36.5. The van der Waals surface area contributed by atoms with E-state index in [4.69, 9.17) is 15.3 Å². The van der Waals surface area contributed by atoms with Crippen molar-refractivity contribution in [3.63, 3.8) is 0 Å². The van der Waals surface area contributed by atoms with Gasteiger partial charge in [-0.2, -0.15) is 48.8 Å². The van der Waals surface area contributed by atoms with Crippen LogP contribution >= 0.6 is 0 Å². The molecule has 0 aliphatic carbocycles. The van der Waals surface area contributed by atoms with Gasteiger partial charge in [0.25, 0.3) is 20.0 Å². The van der Waals surface area contributed by atoms with Crippen LogP contribution in [0, 0.1) is 20.8 Å². The van der Waals surface area contributed by atoms with Crippen LogP contribution < -0.4 is 0 Å². The van der Waals surface area contributed by atoms with Crippen molar-refractivity contribution in [2.45, 2.75) is 87.3 Å². The Hall–Kier alpha value is -7.66. The molecule has 2 saturated heterocycles. The summed E-state index contributed by atoms with van der Waals surface area (Å²) in [5.74, 6) is 0. The third-order valence-electron chi connectivity index (χ3n) is 15.6. The van der Waals surface area contributed by atoms with E-state index in [-0.39, 0.29) is 29.7 Å². The third kappa shape index (κ3) is 8.52. The molecular weight excluding hydrogens is 1000 g/mol. The molecule has 0 radical (unpaired) electrons. The molecule has 8 heterocycles. The number of rotatable bonds is 15. The molecule has 20 nitrogen and oxygen atoms in total. The van der Waals surface area contributed by atoms with Crippen molar-refractivity contribution < 1.29 is 16.8 Å². The molecule has 390 valence electrons. The van der Waals surface area contributed by atoms with Crippen LogP contribution in [0.15, 0.2) is 132 Å². The minimum absolute atomic E-state index is 0.0687. The van der Waals surface area contributed by atoms with E-state index in [1.807, 2.05) is 96.1 Å². The Balaban J connectivity index is 0.831. The second kappa shape index (κ2) is 18.6. The van der Waals surface area contributed by atoms with Crippen LogP contribution in [-0.2, 0) is 70.9 Å². The van der Waals surface area contributed by atoms with Crippen LogP contribution in [0.4, 0.5) is 0 Å². The van der Waals surface area contributed by atoms with Gasteiger partial charge in [0, 0.05) is 68.4 Å². The fourth-order valence-electron chi connectivity index (χ4n) is 11.9. The molecule has 12 rings (SSSR count). The molecule has 2 fully saturated rings. The van der Waals surface area contributed by atoms with Gasteiger partial charge in [-0.15, -0.1) is 10.2 Å². The third-order valence-corrected chi connectivity index (χ3v) is 19.0. The smallest absolute Gasteiger partial charge is 0.264 e. The Kier molecular flexibility index (Phi) is 12.0. The van der Waals surface area contributed by atoms with Crippen LogP contribution in [0.5, 0.6) is 0 Å². The molecular formula is C54H58N16O4S2. The maximum absolute atomic E-state index is 14.7. The first-order valence-corrected chi connectivity index (χ1v) is 28.3. The molecule has 0 bridgehead atoms. The Morgan fingerprint density at radius 3 is 1.61 bits per heavy atom. The standard InChI is InChI=1S/C54H58N16O4S2/c1-7-65-34-50(70-48-23-38(3)45(25-43(48)29-58-70)53(26-40-14-10-8-11-15-40)18-20-66(35-53)75(71,72)51-30-55-64(6)61-51)46(60-65)32-68-56-31-52(62-68)76(73,74)67-21-19-54(36-67,27-41-16-12-9-13-17-41)44-24-42-28-57-69(47(42)22-37(44)2)49-33-63(5)59-39(49)4/h8-17,22-25,28-31,33-34H,7,18-21,26-27,32,35-36H2,1-6H3. The zero-order chi connectivity index (χ0) is 52.7. The van der Waals surface area contributed by atoms with E-state index >= 15 is 0 Å². The Labute approximate surface area is 440 Å². The zero-order valence-electron chi connectivity index (χ0n) is 43.2. The van der Waals surface area contributed by atoms with Crippen molar-refractivity contribution in [3.8, 4) is 11.4 Å². The summed E-state index contributed by atoms with van der Waals surface area (Å²) in [6.07, 6.45) is 12.7. The fraction of sp³-hybridized carbons (Fsp3) is 0.333. The van der Waals surface area contributed by atoms with E-state index in [2.05, 4.69) is 87.9 Å². The van der Waals surface area contributed by atoms with E-state index in [1.54, 1.807) is 16.0 Å². The summed E-state index contributed by atoms with van der Waals surface area (Å²) in [6, 6.07) is 29.0. The van der Waals surface area contributed by atoms with Gasteiger partial charge >= 0.3 is 0 Å². The summed E-state index contributed by atoms with van der Waals surface area (Å²) in [4.78, 5) is 2.64. The Bertz CT molecular complexity index is 4060. The lowest BCUT2D eigenvalue weighted by Crippen LogP contribution is -2.36. The highest BCUT2D eigenvalue weighted by molar-refractivity contribution is 7.89. The van der Waals surface area contributed by atoms with Crippen molar-refractivity contribution >= 4 is 41.9 Å². The number of hydrogen-bond acceptors (Lipinski definition) is 12. The topological polar surface area (TPSA) is 207 Å². The first kappa shape index (κ1) is 49.2. The number of aryl methyl sites for hydroxylation is 6. The van der Waals surface area contributed by atoms with Gasteiger partial charge in [-0.1, -0.05) is 60.7 Å². The van der Waals surface area contributed by atoms with Crippen molar-refractivity contribution in [2.75, 3.05) is 26.2 Å². The molecule has 10 aromatic rings. The van der Waals surface area contributed by atoms with Crippen LogP contribution in [0.3, 0.4) is 0 Å². The molecule has 0 N–H and O–H groups in total. The molecule has 4 aromatic carbocycles. The number of aromatic nitrogens is 14. The van der Waals surface area contributed by atoms with Crippen molar-refractivity contribution in [3.05, 3.63) is 167 Å². The Morgan fingerprint density at radius 1 is 0.579 bits per heavy atom. The zero-order valence-corrected chi connectivity index (χ0v) is 44.9. The Morgan fingerprint density at radius 2 is 1.11 bits per heavy atom. The molecule has 2 unspecified atom stereocenters. The summed E-state index contributed by atoms with van der Waals surface area (Å²) in [6.45, 7) is 9.96. The highest BCUT2D eigenvalue weighted by Crippen LogP contribution is 2.44. The molecule has 22 heteroatoms. The van der Waals surface area contributed by atoms with Gasteiger partial charge in [0.05, 0.1) is 53.9 Å². The lowest BCUT2D eigenvalue weighted by molar-refractivity contribution is 0.411. The van der Waals surface area contributed by atoms with E-state index in [0.29, 0.717) is 56.7 Å². The van der Waals surface area contributed by atoms with Crippen LogP contribution in [0.25, 0.3) is 33.2 Å². The summed E-state index contributed by atoms with van der Waals surface area (Å²) in [5.41, 5.74) is 10.2. The molecule has 76 heavy (non-hydrogen) atoms. The van der Waals surface area contributed by atoms with Gasteiger partial charge in [0.1, 0.15) is 23.6 Å². The second-order valence-electron chi connectivity index (χ2n) is 20.6. The number of nitrogens with zero attached hydrogens (tertiary/aromatic N) is 16. The quantitative estimate of drug-likeness (QED) is 0.113. The highest BCUT2D eigenvalue weighted by atomic mass is 32.2. The number of fused-ring (bicyclic) bond motifs is 2. The highest BCUT2D eigenvalue weighted by Gasteiger charge is 2.47. The van der Waals surface area contributed by atoms with Gasteiger partial charge in [-0.05, 0) is 111 Å². The molecule has 2 aliphatic rings. The van der Waals surface area contributed by atoms with Crippen LogP contribution in [-0.4, -0.2) is 121 Å². The lowest BCUT2D eigenvalue weighted by atomic mass is 9.73. The number of hydrogen-bond donors (Lipinski definition) is 0. The molecule has 6 aromatic heterocycles. The minimum Gasteiger partial charge on any atom is -0.273 e. The van der Waals surface area contributed by atoms with Gasteiger partial charge in [-0.3, -0.25) is 9.36 Å². The van der Waals surface area contributed by atoms with Crippen LogP contribution in [0.1, 0.15) is 64.5 Å². The molecule has 2 atom stereocenters. The maximum atomic E-state index is 14.7. The van der Waals surface area contributed by atoms with Crippen molar-refractivity contribution in [1.82, 2.24) is 77.7 Å². The average molecular weight is 1060 g/mol. The molecule has 0 spiro atoms. The van der Waals surface area contributed by atoms with Gasteiger partial charge in [0.15, 0.2) is 0 Å². The maximum Gasteiger partial charge on any atom is 0.264 e. The SMILES string of the molecule is CCn1cc(-n2ncc3cc(C4(Cc5ccccc5)CCN(S(=O)(=O)c5cnn(C)n5)C4)c(C)cc32)c(Cn2ncc(S(=O)(=O)N3CCC(Cc4ccccc4)(c4cc5cnn(-c6cn(C)nc6C)c5cc4C)C3)n2)n1. The molecule has 0 amide bonds. The number of sulfonamides is 2. The summed E-state index contributed by atoms with van der Waals surface area (Å²) >= 11 is 0. The van der Waals surface area contributed by atoms with Gasteiger partial charge < -0.3 is 0 Å². The monoisotopic (exact) mass is 1060 g/mol. The average Bonchev–Trinajstić information content (AvgIpc) is 4.29. The summed E-state index contributed by atoms with van der Waals surface area (Å²) in [5, 5.41) is 38.1. The second-order valence-corrected chi connectivity index (χ2v) is 24.4. The number of benzene rings is 4. The van der Waals surface area contributed by atoms with Crippen molar-refractivity contribution in [2.24, 2.45) is 14.1 Å². The van der Waals surface area contributed by atoms with E-state index < -0.39 is 30.9 Å². The predicted octanol–water partition coefficient (Wildman–Crippen LogP) is 6.16. The molecule has 0 saturated carbocycles. The van der Waals surface area contributed by atoms with E-state index in [1.165, 1.54) is 26.3 Å². The van der Waals surface area contributed by atoms with Crippen molar-refractivity contribution in [1.29, 1.82) is 0 Å². The fourth-order valence-corrected chi connectivity index (χ4v) is 14.7. The van der Waals surface area contributed by atoms with Gasteiger partial charge in [0.2, 0.25) is 10.1 Å². The summed E-state index contributed by atoms with van der Waals surface area (Å²) < 4.78 is 67.8. The molecule has 2 aliphatic heterocycles. The van der Waals surface area contributed by atoms with Gasteiger partial charge in [-0.25, -0.2) is 26.2 Å². The predicted molar refractivity (Wildman–Crippen MR) is 285 cm³/mol.